The molecule has 0 aliphatic carbocycles. The molecule has 1 unspecified atom stereocenters. The number of nitrogens with zero attached hydrogens (tertiary/aromatic N) is 1. The Morgan fingerprint density at radius 1 is 1.65 bits per heavy atom. The fourth-order valence-corrected chi connectivity index (χ4v) is 2.26. The second-order valence-corrected chi connectivity index (χ2v) is 6.02. The molecule has 4 atom stereocenters. The molecule has 0 radical (unpaired) electrons. The monoisotopic (exact) mass is 328 g/mol. The van der Waals surface area contributed by atoms with Gasteiger partial charge >= 0.3 is 11.7 Å². The molecule has 23 heavy (non-hydrogen) atoms. The Balaban J connectivity index is 1.96. The summed E-state index contributed by atoms with van der Waals surface area (Å²) in [5.41, 5.74) is 8.80. The highest BCUT2D eigenvalue weighted by Gasteiger charge is 2.39. The zero-order valence-corrected chi connectivity index (χ0v) is 13.3. The first-order chi connectivity index (χ1) is 10.8. The molecule has 0 aromatic carbocycles. The molecule has 128 valence electrons. The molecule has 0 bridgehead atoms. The average Bonchev–Trinajstić information content (AvgIpc) is 2.84. The van der Waals surface area contributed by atoms with E-state index in [2.05, 4.69) is 10.7 Å². The molecule has 7 N–H and O–H groups in total. The maximum absolute atomic E-state index is 11.8. The number of nitrogens with two attached hydrogens (primary N) is 1. The van der Waals surface area contributed by atoms with Crippen molar-refractivity contribution in [3.05, 3.63) is 22.7 Å². The number of carbonyl (C=O) groups is 1. The van der Waals surface area contributed by atoms with Crippen molar-refractivity contribution in [3.63, 3.8) is 0 Å². The number of rotatable bonds is 5. The van der Waals surface area contributed by atoms with Crippen molar-refractivity contribution in [1.82, 2.24) is 4.98 Å². The minimum Gasteiger partial charge on any atom is -0.458 e. The van der Waals surface area contributed by atoms with Crippen molar-refractivity contribution in [1.29, 1.82) is 0 Å². The largest absolute Gasteiger partial charge is 0.499 e. The number of hydrogen-bond donors (Lipinski definition) is 4. The maximum Gasteiger partial charge on any atom is 0.499 e. The number of ether oxygens (including phenoxy) is 2. The predicted molar refractivity (Wildman–Crippen MR) is 78.7 cm³/mol. The lowest BCUT2D eigenvalue weighted by molar-refractivity contribution is -0.773. The number of aliphatic hydroxyl groups excluding tert-OH is 1. The van der Waals surface area contributed by atoms with Crippen LogP contribution < -0.4 is 21.7 Å². The molecule has 1 aromatic heterocycles. The van der Waals surface area contributed by atoms with Crippen LogP contribution in [0.1, 0.15) is 26.5 Å². The Morgan fingerprint density at radius 2 is 2.35 bits per heavy atom. The lowest BCUT2D eigenvalue weighted by Gasteiger charge is -2.16. The molecular formula is C14H24N4O5+2. The summed E-state index contributed by atoms with van der Waals surface area (Å²) in [5, 5.41) is 10.0. The molecule has 0 saturated carbocycles. The summed E-state index contributed by atoms with van der Waals surface area (Å²) in [6, 6.07) is 1.05. The van der Waals surface area contributed by atoms with Gasteiger partial charge in [-0.15, -0.1) is 0 Å². The second kappa shape index (κ2) is 7.07. The number of anilines is 1. The highest BCUT2D eigenvalue weighted by molar-refractivity contribution is 5.74. The van der Waals surface area contributed by atoms with Crippen molar-refractivity contribution in [2.45, 2.75) is 44.7 Å². The standard InChI is InChI=1S/C14H22N4O5/c1-7(2)12(16)13(20)22-6-9-8(19)5-11(23-9)18-4-3-10(15)17-14(18)21/h3-4,7-9,11-12,19H,5-6,16H2,1-2H3,(H2,15,17,21)/p+2/t8-,9-,11-,12?/m0/s1. The fourth-order valence-electron chi connectivity index (χ4n) is 2.26. The van der Waals surface area contributed by atoms with E-state index in [1.165, 1.54) is 16.8 Å². The Morgan fingerprint density at radius 3 is 2.96 bits per heavy atom. The lowest BCUT2D eigenvalue weighted by Crippen LogP contribution is -2.68. The summed E-state index contributed by atoms with van der Waals surface area (Å²) >= 11 is 0. The first-order valence-electron chi connectivity index (χ1n) is 7.52. The normalized spacial score (nSPS) is 25.5. The van der Waals surface area contributed by atoms with Crippen LogP contribution in [-0.2, 0) is 14.3 Å². The van der Waals surface area contributed by atoms with Crippen LogP contribution in [0.4, 0.5) is 5.82 Å². The van der Waals surface area contributed by atoms with Gasteiger partial charge in [0.2, 0.25) is 6.23 Å². The summed E-state index contributed by atoms with van der Waals surface area (Å²) < 4.78 is 12.1. The van der Waals surface area contributed by atoms with Gasteiger partial charge in [0.05, 0.1) is 6.10 Å². The lowest BCUT2D eigenvalue weighted by atomic mass is 10.1. The second-order valence-electron chi connectivity index (χ2n) is 6.02. The first kappa shape index (κ1) is 17.4. The Kier molecular flexibility index (Phi) is 5.34. The Hall–Kier alpha value is -1.97. The van der Waals surface area contributed by atoms with Crippen molar-refractivity contribution in [2.75, 3.05) is 12.3 Å². The van der Waals surface area contributed by atoms with Gasteiger partial charge in [-0.1, -0.05) is 13.8 Å². The Bertz CT molecular complexity index is 617. The van der Waals surface area contributed by atoms with Gasteiger partial charge in [0.15, 0.2) is 11.9 Å². The maximum atomic E-state index is 11.8. The van der Waals surface area contributed by atoms with Crippen LogP contribution in [0.5, 0.6) is 0 Å². The van der Waals surface area contributed by atoms with Crippen molar-refractivity contribution in [2.24, 2.45) is 5.92 Å². The number of hydrogen-bond acceptors (Lipinski definition) is 6. The van der Waals surface area contributed by atoms with E-state index < -0.39 is 36.1 Å². The number of nitrogen functional groups attached to an aromatic ring is 1. The van der Waals surface area contributed by atoms with Gasteiger partial charge < -0.3 is 26.0 Å². The predicted octanol–water partition coefficient (Wildman–Crippen LogP) is -2.30. The van der Waals surface area contributed by atoms with E-state index in [0.29, 0.717) is 0 Å². The van der Waals surface area contributed by atoms with Crippen molar-refractivity contribution < 1.29 is 29.7 Å². The van der Waals surface area contributed by atoms with Crippen LogP contribution in [0.15, 0.2) is 17.1 Å². The van der Waals surface area contributed by atoms with Crippen LogP contribution in [0.2, 0.25) is 0 Å². The molecule has 9 heteroatoms. The third-order valence-corrected chi connectivity index (χ3v) is 3.91. The van der Waals surface area contributed by atoms with Crippen molar-refractivity contribution >= 4 is 11.8 Å². The van der Waals surface area contributed by atoms with E-state index in [9.17, 15) is 14.7 Å². The number of nitrogens with one attached hydrogen (secondary N) is 1. The summed E-state index contributed by atoms with van der Waals surface area (Å²) in [6.45, 7) is 3.67. The zero-order valence-electron chi connectivity index (χ0n) is 13.3. The SMILES string of the molecule is CC(C)C([NH3+])C(=O)OC[C@@H]1O[C@H]([n+]2ccc(N)[nH]c2=O)C[C@@H]1O. The van der Waals surface area contributed by atoms with E-state index in [-0.39, 0.29) is 24.8 Å². The zero-order chi connectivity index (χ0) is 17.1. The third-order valence-electron chi connectivity index (χ3n) is 3.91. The molecule has 1 aliphatic rings. The van der Waals surface area contributed by atoms with E-state index in [0.717, 1.165) is 0 Å². The van der Waals surface area contributed by atoms with Crippen LogP contribution in [0.25, 0.3) is 0 Å². The molecule has 1 fully saturated rings. The minimum absolute atomic E-state index is 0.0635. The number of quaternary nitrogens is 1. The van der Waals surface area contributed by atoms with Gasteiger partial charge in [-0.05, 0) is 0 Å². The van der Waals surface area contributed by atoms with E-state index in [1.54, 1.807) is 0 Å². The highest BCUT2D eigenvalue weighted by Crippen LogP contribution is 2.24. The molecular weight excluding hydrogens is 304 g/mol. The molecule has 2 rings (SSSR count). The highest BCUT2D eigenvalue weighted by atomic mass is 16.6. The van der Waals surface area contributed by atoms with E-state index in [1.807, 2.05) is 13.8 Å². The van der Waals surface area contributed by atoms with Crippen LogP contribution in [-0.4, -0.2) is 40.9 Å². The first-order valence-corrected chi connectivity index (χ1v) is 7.52. The fraction of sp³-hybridized carbons (Fsp3) is 0.643. The van der Waals surface area contributed by atoms with Gasteiger partial charge in [-0.2, -0.15) is 14.3 Å². The quantitative estimate of drug-likeness (QED) is 0.353. The topological polar surface area (TPSA) is 146 Å². The number of aromatic nitrogens is 2. The molecule has 9 nitrogen and oxygen atoms in total. The summed E-state index contributed by atoms with van der Waals surface area (Å²) in [6.07, 6.45) is -0.450. The number of carbonyl (C=O) groups excluding carboxylic acids is 1. The van der Waals surface area contributed by atoms with Gasteiger partial charge in [-0.25, -0.2) is 4.79 Å². The minimum atomic E-state index is -0.834. The molecule has 1 aromatic rings. The number of H-pyrrole nitrogens is 1. The Labute approximate surface area is 133 Å². The molecule has 1 aliphatic heterocycles. The molecule has 0 spiro atoms. The van der Waals surface area contributed by atoms with Gasteiger partial charge in [0.25, 0.3) is 0 Å². The molecule has 1 saturated heterocycles. The molecule has 0 amide bonds. The molecule has 2 heterocycles. The van der Waals surface area contributed by atoms with Crippen molar-refractivity contribution in [3.8, 4) is 0 Å². The van der Waals surface area contributed by atoms with Gasteiger partial charge in [0.1, 0.15) is 18.9 Å². The van der Waals surface area contributed by atoms with Crippen LogP contribution >= 0.6 is 0 Å². The van der Waals surface area contributed by atoms with Gasteiger partial charge in [0, 0.05) is 18.4 Å². The van der Waals surface area contributed by atoms with Crippen LogP contribution in [0.3, 0.4) is 0 Å². The van der Waals surface area contributed by atoms with E-state index >= 15 is 0 Å². The smallest absolute Gasteiger partial charge is 0.458 e. The summed E-state index contributed by atoms with van der Waals surface area (Å²) in [7, 11) is 0. The number of aromatic amines is 1. The van der Waals surface area contributed by atoms with E-state index in [4.69, 9.17) is 15.2 Å². The average molecular weight is 328 g/mol. The van der Waals surface area contributed by atoms with Gasteiger partial charge in [-0.3, -0.25) is 0 Å². The van der Waals surface area contributed by atoms with Crippen LogP contribution in [0, 0.1) is 5.92 Å². The number of esters is 1. The summed E-state index contributed by atoms with van der Waals surface area (Å²) in [4.78, 5) is 26.1. The summed E-state index contributed by atoms with van der Waals surface area (Å²) in [5.74, 6) is -0.128. The number of aliphatic hydroxyl groups is 1. The third kappa shape index (κ3) is 4.06.